The van der Waals surface area contributed by atoms with Crippen molar-refractivity contribution in [2.45, 2.75) is 37.6 Å². The summed E-state index contributed by atoms with van der Waals surface area (Å²) in [4.78, 5) is 16.4. The minimum absolute atomic E-state index is 0.104. The molecule has 2 aliphatic rings. The summed E-state index contributed by atoms with van der Waals surface area (Å²) in [5.74, 6) is -0.863. The highest BCUT2D eigenvalue weighted by Crippen LogP contribution is 2.36. The second-order valence-electron chi connectivity index (χ2n) is 6.95. The molecule has 0 aliphatic carbocycles. The maximum Gasteiger partial charge on any atom is 0.240 e. The van der Waals surface area contributed by atoms with Gasteiger partial charge in [0.05, 0.1) is 17.8 Å². The lowest BCUT2D eigenvalue weighted by molar-refractivity contribution is -0.143. The highest BCUT2D eigenvalue weighted by Gasteiger charge is 2.44. The van der Waals surface area contributed by atoms with Gasteiger partial charge in [-0.2, -0.15) is 5.10 Å². The normalized spacial score (nSPS) is 26.4. The molecule has 1 amide bonds. The van der Waals surface area contributed by atoms with E-state index in [1.807, 2.05) is 4.90 Å². The van der Waals surface area contributed by atoms with Crippen LogP contribution < -0.4 is 11.5 Å². The van der Waals surface area contributed by atoms with Crippen LogP contribution in [0.4, 0.5) is 14.6 Å². The van der Waals surface area contributed by atoms with Gasteiger partial charge in [-0.15, -0.1) is 0 Å². The maximum atomic E-state index is 14.2. The summed E-state index contributed by atoms with van der Waals surface area (Å²) in [6, 6.07) is 1.55. The molecule has 26 heavy (non-hydrogen) atoms. The summed E-state index contributed by atoms with van der Waals surface area (Å²) in [6.07, 6.45) is 0.349. The number of carbonyl (C=O) groups excluding carboxylic acids is 1. The predicted octanol–water partition coefficient (Wildman–Crippen LogP) is 0.885. The number of piperidine rings is 1. The van der Waals surface area contributed by atoms with E-state index in [1.165, 1.54) is 4.90 Å². The molecule has 0 saturated carbocycles. The Morgan fingerprint density at radius 2 is 2.08 bits per heavy atom. The molecule has 0 radical (unpaired) electrons. The van der Waals surface area contributed by atoms with Crippen LogP contribution in [-0.2, 0) is 17.9 Å². The number of likely N-dealkylation sites (tertiary alicyclic amines) is 1. The topological polar surface area (TPSA) is 104 Å². The zero-order valence-corrected chi connectivity index (χ0v) is 14.2. The van der Waals surface area contributed by atoms with Crippen LogP contribution in [0.3, 0.4) is 0 Å². The minimum atomic E-state index is -0.707. The third kappa shape index (κ3) is 2.55. The Hall–Kier alpha value is -2.52. The Morgan fingerprint density at radius 1 is 1.31 bits per heavy atom. The van der Waals surface area contributed by atoms with E-state index in [9.17, 15) is 13.6 Å². The number of hydrogen-bond donors (Lipinski definition) is 3. The molecule has 138 valence electrons. The monoisotopic (exact) mass is 362 g/mol. The van der Waals surface area contributed by atoms with Crippen molar-refractivity contribution in [2.24, 2.45) is 5.73 Å². The van der Waals surface area contributed by atoms with E-state index in [-0.39, 0.29) is 11.5 Å². The molecule has 1 fully saturated rings. The summed E-state index contributed by atoms with van der Waals surface area (Å²) in [6.45, 7) is 1.03. The number of nitrogen functional groups attached to an aromatic ring is 1. The molecule has 3 heterocycles. The fourth-order valence-corrected chi connectivity index (χ4v) is 4.04. The van der Waals surface area contributed by atoms with Crippen LogP contribution in [0, 0.1) is 11.6 Å². The van der Waals surface area contributed by atoms with E-state index in [1.54, 1.807) is 7.05 Å². The summed E-state index contributed by atoms with van der Waals surface area (Å²) in [7, 11) is 1.58. The molecule has 1 aromatic carbocycles. The molecular weight excluding hydrogens is 342 g/mol. The summed E-state index contributed by atoms with van der Waals surface area (Å²) < 4.78 is 27.8. The lowest BCUT2D eigenvalue weighted by Crippen LogP contribution is -2.58. The first-order valence-electron chi connectivity index (χ1n) is 8.39. The Kier molecular flexibility index (Phi) is 3.92. The number of likely N-dealkylation sites (N-methyl/N-ethyl adjacent to an activating group) is 1. The molecule has 1 unspecified atom stereocenters. The number of halogens is 2. The predicted molar refractivity (Wildman–Crippen MR) is 90.5 cm³/mol. The van der Waals surface area contributed by atoms with Gasteiger partial charge < -0.3 is 16.4 Å². The van der Waals surface area contributed by atoms with E-state index in [0.29, 0.717) is 25.3 Å². The van der Waals surface area contributed by atoms with Crippen molar-refractivity contribution in [3.8, 4) is 0 Å². The molecule has 3 atom stereocenters. The number of benzene rings is 1. The van der Waals surface area contributed by atoms with Crippen molar-refractivity contribution in [3.63, 3.8) is 0 Å². The number of nitrogens with one attached hydrogen (secondary N) is 1. The zero-order valence-electron chi connectivity index (χ0n) is 14.2. The second-order valence-corrected chi connectivity index (χ2v) is 6.95. The highest BCUT2D eigenvalue weighted by molar-refractivity contribution is 5.83. The fraction of sp³-hybridized carbons (Fsp3) is 0.412. The van der Waals surface area contributed by atoms with Gasteiger partial charge in [0, 0.05) is 37.3 Å². The van der Waals surface area contributed by atoms with Gasteiger partial charge in [0.15, 0.2) is 0 Å². The molecule has 2 aliphatic heterocycles. The van der Waals surface area contributed by atoms with Gasteiger partial charge >= 0.3 is 0 Å². The van der Waals surface area contributed by atoms with Crippen molar-refractivity contribution in [2.75, 3.05) is 12.8 Å². The minimum Gasteiger partial charge on any atom is -0.382 e. The first-order valence-corrected chi connectivity index (χ1v) is 8.39. The first-order chi connectivity index (χ1) is 12.4. The number of amides is 1. The van der Waals surface area contributed by atoms with E-state index in [2.05, 4.69) is 10.2 Å². The smallest absolute Gasteiger partial charge is 0.240 e. The summed E-state index contributed by atoms with van der Waals surface area (Å²) >= 11 is 0. The number of rotatable bonds is 2. The van der Waals surface area contributed by atoms with E-state index >= 15 is 0 Å². The maximum absolute atomic E-state index is 14.2. The van der Waals surface area contributed by atoms with Gasteiger partial charge in [-0.25, -0.2) is 8.78 Å². The van der Waals surface area contributed by atoms with Gasteiger partial charge in [-0.3, -0.25) is 14.8 Å². The number of H-pyrrole nitrogens is 1. The molecule has 0 spiro atoms. The fourth-order valence-electron chi connectivity index (χ4n) is 4.04. The van der Waals surface area contributed by atoms with E-state index in [4.69, 9.17) is 11.5 Å². The average molecular weight is 362 g/mol. The third-order valence-electron chi connectivity index (χ3n) is 5.38. The number of hydrogen-bond acceptors (Lipinski definition) is 5. The average Bonchev–Trinajstić information content (AvgIpc) is 3.16. The van der Waals surface area contributed by atoms with Crippen LogP contribution in [-0.4, -0.2) is 45.0 Å². The van der Waals surface area contributed by atoms with Crippen LogP contribution in [0.15, 0.2) is 18.2 Å². The van der Waals surface area contributed by atoms with Crippen molar-refractivity contribution in [1.82, 2.24) is 20.0 Å². The molecule has 1 saturated heterocycles. The van der Waals surface area contributed by atoms with Crippen molar-refractivity contribution >= 4 is 11.7 Å². The molecule has 0 bridgehead atoms. The lowest BCUT2D eigenvalue weighted by atomic mass is 9.87. The van der Waals surface area contributed by atoms with Gasteiger partial charge in [-0.05, 0) is 24.6 Å². The van der Waals surface area contributed by atoms with Gasteiger partial charge in [0.1, 0.15) is 17.5 Å². The van der Waals surface area contributed by atoms with E-state index in [0.717, 1.165) is 29.5 Å². The number of carbonyl (C=O) groups is 1. The molecular formula is C17H20F2N6O. The number of aromatic nitrogens is 2. The second kappa shape index (κ2) is 6.03. The quantitative estimate of drug-likeness (QED) is 0.736. The first kappa shape index (κ1) is 16.9. The number of anilines is 1. The Labute approximate surface area is 148 Å². The van der Waals surface area contributed by atoms with Crippen LogP contribution in [0.2, 0.25) is 0 Å². The Morgan fingerprint density at radius 3 is 2.81 bits per heavy atom. The van der Waals surface area contributed by atoms with Gasteiger partial charge in [-0.1, -0.05) is 0 Å². The van der Waals surface area contributed by atoms with Gasteiger partial charge in [0.2, 0.25) is 5.91 Å². The molecule has 9 heteroatoms. The molecule has 2 aromatic rings. The molecule has 4 rings (SSSR count). The number of nitrogens with zero attached hydrogens (tertiary/aromatic N) is 3. The number of aromatic amines is 1. The highest BCUT2D eigenvalue weighted by atomic mass is 19.1. The molecule has 1 aromatic heterocycles. The van der Waals surface area contributed by atoms with Crippen LogP contribution in [0.25, 0.3) is 0 Å². The lowest BCUT2D eigenvalue weighted by Gasteiger charge is -2.43. The van der Waals surface area contributed by atoms with Crippen molar-refractivity contribution in [1.29, 1.82) is 0 Å². The van der Waals surface area contributed by atoms with Crippen LogP contribution in [0.5, 0.6) is 0 Å². The zero-order chi connectivity index (χ0) is 18.6. The van der Waals surface area contributed by atoms with E-state index < -0.39 is 29.8 Å². The number of fused-ring (bicyclic) bond motifs is 1. The summed E-state index contributed by atoms with van der Waals surface area (Å²) in [5, 5.41) is 6.84. The molecule has 5 N–H and O–H groups in total. The largest absolute Gasteiger partial charge is 0.382 e. The summed E-state index contributed by atoms with van der Waals surface area (Å²) in [5.41, 5.74) is 14.0. The van der Waals surface area contributed by atoms with Crippen LogP contribution in [0.1, 0.15) is 29.3 Å². The molecule has 7 nitrogen and oxygen atoms in total. The van der Waals surface area contributed by atoms with Crippen molar-refractivity contribution < 1.29 is 13.6 Å². The van der Waals surface area contributed by atoms with Crippen molar-refractivity contribution in [3.05, 3.63) is 46.7 Å². The third-order valence-corrected chi connectivity index (χ3v) is 5.38. The van der Waals surface area contributed by atoms with Crippen LogP contribution >= 0.6 is 0 Å². The Balaban J connectivity index is 1.58. The number of nitrogens with two attached hydrogens (primary N) is 2. The standard InChI is InChI=1S/C17H20F2N6O/c1-24-15(9-4-8(18)2-3-11(9)19)12(20)5-14(17(24)26)25-6-10-13(7-25)22-23-16(10)21/h2-4,12,14-15H,5-7,20H2,1H3,(H3,21,22,23)/t12?,14-,15+/m0/s1. The van der Waals surface area contributed by atoms with Gasteiger partial charge in [0.25, 0.3) is 0 Å². The Bertz CT molecular complexity index is 869. The SMILES string of the molecule is CN1C(=O)[C@@H](N2Cc3[nH]nc(N)c3C2)CC(N)[C@H]1c1cc(F)ccc1F.